The number of hydrogen-bond donors (Lipinski definition) is 0. The fraction of sp³-hybridized carbons (Fsp3) is 0.250. The van der Waals surface area contributed by atoms with Crippen molar-refractivity contribution in [2.75, 3.05) is 6.61 Å². The number of aromatic nitrogens is 1. The van der Waals surface area contributed by atoms with Crippen LogP contribution < -0.4 is 0 Å². The minimum absolute atomic E-state index is 0.0864. The molecule has 2 aromatic rings. The second-order valence-corrected chi connectivity index (χ2v) is 6.66. The molecule has 1 aromatic carbocycles. The molecule has 0 saturated carbocycles. The standard InChI is InChI=1S/C16H12Cl2N2O3S/c1-9-8-24-16(20-9)12(6-19)14(21)7-23-15(22)4-10-2-3-11(17)5-13(10)18/h2-3,5,8,12H,4,7H2,1H3/t12-/m0/s1. The van der Waals surface area contributed by atoms with Crippen molar-refractivity contribution in [2.24, 2.45) is 0 Å². The van der Waals surface area contributed by atoms with E-state index >= 15 is 0 Å². The Morgan fingerprint density at radius 1 is 1.42 bits per heavy atom. The smallest absolute Gasteiger partial charge is 0.310 e. The lowest BCUT2D eigenvalue weighted by molar-refractivity contribution is -0.147. The van der Waals surface area contributed by atoms with Crippen molar-refractivity contribution in [1.82, 2.24) is 4.98 Å². The molecular weight excluding hydrogens is 371 g/mol. The molecule has 5 nitrogen and oxygen atoms in total. The summed E-state index contributed by atoms with van der Waals surface area (Å²) in [6.45, 7) is 1.29. The third-order valence-corrected chi connectivity index (χ3v) is 4.67. The summed E-state index contributed by atoms with van der Waals surface area (Å²) in [5, 5.41) is 12.1. The van der Waals surface area contributed by atoms with E-state index in [1.165, 1.54) is 17.4 Å². The van der Waals surface area contributed by atoms with Crippen LogP contribution in [-0.4, -0.2) is 23.3 Å². The third-order valence-electron chi connectivity index (χ3n) is 3.06. The summed E-state index contributed by atoms with van der Waals surface area (Å²) in [5.41, 5.74) is 1.28. The average Bonchev–Trinajstić information content (AvgIpc) is 2.95. The van der Waals surface area contributed by atoms with E-state index in [9.17, 15) is 9.59 Å². The van der Waals surface area contributed by atoms with Crippen molar-refractivity contribution >= 4 is 46.3 Å². The molecule has 0 radical (unpaired) electrons. The molecule has 0 N–H and O–H groups in total. The number of Topliss-reactive ketones (excluding diaryl/α,β-unsaturated/α-hetero) is 1. The van der Waals surface area contributed by atoms with Gasteiger partial charge < -0.3 is 4.74 Å². The van der Waals surface area contributed by atoms with E-state index in [2.05, 4.69) is 4.98 Å². The number of carbonyl (C=O) groups excluding carboxylic acids is 2. The highest BCUT2D eigenvalue weighted by Gasteiger charge is 2.24. The van der Waals surface area contributed by atoms with Crippen molar-refractivity contribution < 1.29 is 14.3 Å². The summed E-state index contributed by atoms with van der Waals surface area (Å²) in [4.78, 5) is 28.0. The molecule has 124 valence electrons. The first-order valence-electron chi connectivity index (χ1n) is 6.84. The molecule has 0 aliphatic carbocycles. The van der Waals surface area contributed by atoms with E-state index in [1.54, 1.807) is 24.4 Å². The third kappa shape index (κ3) is 4.78. The summed E-state index contributed by atoms with van der Waals surface area (Å²) >= 11 is 13.0. The number of nitrogens with zero attached hydrogens (tertiary/aromatic N) is 2. The molecule has 0 bridgehead atoms. The maximum atomic E-state index is 12.1. The summed E-state index contributed by atoms with van der Waals surface area (Å²) in [6, 6.07) is 6.64. The van der Waals surface area contributed by atoms with E-state index in [-0.39, 0.29) is 6.42 Å². The van der Waals surface area contributed by atoms with Crippen LogP contribution in [0.1, 0.15) is 22.2 Å². The number of hydrogen-bond acceptors (Lipinski definition) is 6. The number of thiazole rings is 1. The molecule has 0 fully saturated rings. The SMILES string of the molecule is Cc1csc([C@@H](C#N)C(=O)COC(=O)Cc2ccc(Cl)cc2Cl)n1. The molecule has 0 aliphatic heterocycles. The quantitative estimate of drug-likeness (QED) is 0.711. The first-order valence-corrected chi connectivity index (χ1v) is 8.48. The number of esters is 1. The van der Waals surface area contributed by atoms with Gasteiger partial charge in [-0.3, -0.25) is 9.59 Å². The van der Waals surface area contributed by atoms with E-state index in [4.69, 9.17) is 33.2 Å². The normalized spacial score (nSPS) is 11.6. The number of halogens is 2. The average molecular weight is 383 g/mol. The van der Waals surface area contributed by atoms with Crippen LogP contribution in [0, 0.1) is 18.3 Å². The molecule has 0 unspecified atom stereocenters. The van der Waals surface area contributed by atoms with Crippen molar-refractivity contribution in [3.63, 3.8) is 0 Å². The molecule has 0 saturated heterocycles. The van der Waals surface area contributed by atoms with Crippen molar-refractivity contribution in [3.05, 3.63) is 49.9 Å². The maximum Gasteiger partial charge on any atom is 0.310 e. The number of ketones is 1. The Hall–Kier alpha value is -1.94. The van der Waals surface area contributed by atoms with Crippen LogP contribution in [0.15, 0.2) is 23.6 Å². The molecular formula is C16H12Cl2N2O3S. The number of nitriles is 1. The predicted molar refractivity (Wildman–Crippen MR) is 91.3 cm³/mol. The van der Waals surface area contributed by atoms with Gasteiger partial charge in [-0.2, -0.15) is 5.26 Å². The van der Waals surface area contributed by atoms with Gasteiger partial charge >= 0.3 is 5.97 Å². The molecule has 1 aromatic heterocycles. The van der Waals surface area contributed by atoms with Gasteiger partial charge in [0.15, 0.2) is 18.3 Å². The second kappa shape index (κ2) is 8.25. The van der Waals surface area contributed by atoms with Gasteiger partial charge in [-0.05, 0) is 24.6 Å². The van der Waals surface area contributed by atoms with Crippen LogP contribution in [0.5, 0.6) is 0 Å². The predicted octanol–water partition coefficient (Wildman–Crippen LogP) is 3.72. The van der Waals surface area contributed by atoms with Crippen LogP contribution in [0.2, 0.25) is 10.0 Å². The number of ether oxygens (including phenoxy) is 1. The van der Waals surface area contributed by atoms with E-state index in [0.29, 0.717) is 20.6 Å². The highest BCUT2D eigenvalue weighted by molar-refractivity contribution is 7.09. The Balaban J connectivity index is 1.93. The van der Waals surface area contributed by atoms with Gasteiger partial charge in [-0.1, -0.05) is 29.3 Å². The topological polar surface area (TPSA) is 80.0 Å². The summed E-state index contributed by atoms with van der Waals surface area (Å²) < 4.78 is 4.95. The monoisotopic (exact) mass is 382 g/mol. The second-order valence-electron chi connectivity index (χ2n) is 4.93. The van der Waals surface area contributed by atoms with Gasteiger partial charge in [-0.15, -0.1) is 11.3 Å². The Labute approximate surface area is 152 Å². The zero-order valence-corrected chi connectivity index (χ0v) is 14.9. The molecule has 8 heteroatoms. The number of carbonyl (C=O) groups is 2. The van der Waals surface area contributed by atoms with Crippen LogP contribution >= 0.6 is 34.5 Å². The van der Waals surface area contributed by atoms with Crippen molar-refractivity contribution in [2.45, 2.75) is 19.3 Å². The molecule has 0 aliphatic rings. The number of rotatable bonds is 6. The Kier molecular flexibility index (Phi) is 6.32. The minimum Gasteiger partial charge on any atom is -0.457 e. The number of benzene rings is 1. The van der Waals surface area contributed by atoms with Crippen molar-refractivity contribution in [3.8, 4) is 6.07 Å². The van der Waals surface area contributed by atoms with Crippen LogP contribution in [0.3, 0.4) is 0 Å². The lowest BCUT2D eigenvalue weighted by Gasteiger charge is -2.08. The van der Waals surface area contributed by atoms with Crippen LogP contribution in [-0.2, 0) is 20.7 Å². The van der Waals surface area contributed by atoms with Gasteiger partial charge in [0.05, 0.1) is 12.5 Å². The van der Waals surface area contributed by atoms with Gasteiger partial charge in [0, 0.05) is 21.1 Å². The van der Waals surface area contributed by atoms with Gasteiger partial charge in [-0.25, -0.2) is 4.98 Å². The zero-order chi connectivity index (χ0) is 17.7. The Bertz CT molecular complexity index is 814. The van der Waals surface area contributed by atoms with Gasteiger partial charge in [0.1, 0.15) is 5.01 Å². The van der Waals surface area contributed by atoms with Gasteiger partial charge in [0.2, 0.25) is 0 Å². The first kappa shape index (κ1) is 18.4. The highest BCUT2D eigenvalue weighted by Crippen LogP contribution is 2.22. The Morgan fingerprint density at radius 3 is 2.75 bits per heavy atom. The maximum absolute atomic E-state index is 12.1. The molecule has 1 atom stereocenters. The number of aryl methyl sites for hydroxylation is 1. The molecule has 24 heavy (non-hydrogen) atoms. The molecule has 0 amide bonds. The molecule has 0 spiro atoms. The Morgan fingerprint density at radius 2 is 2.17 bits per heavy atom. The first-order chi connectivity index (χ1) is 11.4. The van der Waals surface area contributed by atoms with E-state index < -0.39 is 24.3 Å². The van der Waals surface area contributed by atoms with Crippen LogP contribution in [0.4, 0.5) is 0 Å². The molecule has 2 rings (SSSR count). The van der Waals surface area contributed by atoms with E-state index in [1.807, 2.05) is 6.07 Å². The van der Waals surface area contributed by atoms with E-state index in [0.717, 1.165) is 5.69 Å². The van der Waals surface area contributed by atoms with Crippen LogP contribution in [0.25, 0.3) is 0 Å². The fourth-order valence-corrected chi connectivity index (χ4v) is 3.21. The van der Waals surface area contributed by atoms with Gasteiger partial charge in [0.25, 0.3) is 0 Å². The summed E-state index contributed by atoms with van der Waals surface area (Å²) in [6.07, 6.45) is -0.0864. The lowest BCUT2D eigenvalue weighted by atomic mass is 10.1. The summed E-state index contributed by atoms with van der Waals surface area (Å²) in [5.74, 6) is -2.15. The lowest BCUT2D eigenvalue weighted by Crippen LogP contribution is -2.20. The fourth-order valence-electron chi connectivity index (χ4n) is 1.88. The largest absolute Gasteiger partial charge is 0.457 e. The van der Waals surface area contributed by atoms with Crippen molar-refractivity contribution in [1.29, 1.82) is 5.26 Å². The zero-order valence-electron chi connectivity index (χ0n) is 12.6. The minimum atomic E-state index is -1.03. The summed E-state index contributed by atoms with van der Waals surface area (Å²) in [7, 11) is 0. The highest BCUT2D eigenvalue weighted by atomic mass is 35.5. The molecule has 1 heterocycles.